The van der Waals surface area contributed by atoms with Crippen LogP contribution in [0.15, 0.2) is 30.3 Å². The Morgan fingerprint density at radius 1 is 1.33 bits per heavy atom. The van der Waals surface area contributed by atoms with Gasteiger partial charge in [0.1, 0.15) is 4.32 Å². The van der Waals surface area contributed by atoms with Crippen molar-refractivity contribution in [3.8, 4) is 0 Å². The maximum absolute atomic E-state index is 5.33. The fraction of sp³-hybridized carbons (Fsp3) is 0.417. The number of thioether (sulfide) groups is 1. The minimum absolute atomic E-state index is 0.925. The molecule has 1 aromatic rings. The van der Waals surface area contributed by atoms with Crippen molar-refractivity contribution in [1.82, 2.24) is 4.90 Å². The maximum atomic E-state index is 5.33. The highest BCUT2D eigenvalue weighted by Crippen LogP contribution is 2.11. The van der Waals surface area contributed by atoms with Gasteiger partial charge in [-0.15, -0.1) is 11.8 Å². The van der Waals surface area contributed by atoms with E-state index in [9.17, 15) is 0 Å². The summed E-state index contributed by atoms with van der Waals surface area (Å²) in [5.41, 5.74) is 1.32. The van der Waals surface area contributed by atoms with Crippen LogP contribution in [0, 0.1) is 0 Å². The third kappa shape index (κ3) is 4.22. The van der Waals surface area contributed by atoms with Crippen molar-refractivity contribution in [1.29, 1.82) is 0 Å². The standard InChI is InChI=1S/C12H17NS2/c1-3-9-13(12(14)15-2)10-11-7-5-4-6-8-11/h4-8H,3,9-10H2,1-2H3. The third-order valence-electron chi connectivity index (χ3n) is 2.14. The summed E-state index contributed by atoms with van der Waals surface area (Å²) in [7, 11) is 0. The Morgan fingerprint density at radius 2 is 2.00 bits per heavy atom. The Hall–Kier alpha value is -0.540. The van der Waals surface area contributed by atoms with E-state index in [2.05, 4.69) is 36.1 Å². The van der Waals surface area contributed by atoms with E-state index in [-0.39, 0.29) is 0 Å². The summed E-state index contributed by atoms with van der Waals surface area (Å²) in [5, 5.41) is 0. The van der Waals surface area contributed by atoms with Crippen LogP contribution in [0.25, 0.3) is 0 Å². The highest BCUT2D eigenvalue weighted by Gasteiger charge is 2.07. The molecule has 0 aliphatic rings. The minimum atomic E-state index is 0.925. The van der Waals surface area contributed by atoms with Gasteiger partial charge in [0.25, 0.3) is 0 Å². The third-order valence-corrected chi connectivity index (χ3v) is 3.51. The average Bonchev–Trinajstić information content (AvgIpc) is 2.29. The second-order valence-electron chi connectivity index (χ2n) is 3.38. The lowest BCUT2D eigenvalue weighted by Crippen LogP contribution is -2.27. The first-order chi connectivity index (χ1) is 7.27. The maximum Gasteiger partial charge on any atom is 0.136 e. The summed E-state index contributed by atoms with van der Waals surface area (Å²) >= 11 is 6.98. The quantitative estimate of drug-likeness (QED) is 0.740. The predicted molar refractivity (Wildman–Crippen MR) is 73.3 cm³/mol. The van der Waals surface area contributed by atoms with Crippen molar-refractivity contribution < 1.29 is 0 Å². The van der Waals surface area contributed by atoms with Gasteiger partial charge in [-0.2, -0.15) is 0 Å². The first kappa shape index (κ1) is 12.5. The van der Waals surface area contributed by atoms with Crippen LogP contribution in [0.2, 0.25) is 0 Å². The highest BCUT2D eigenvalue weighted by molar-refractivity contribution is 8.22. The molecule has 0 unspecified atom stereocenters. The van der Waals surface area contributed by atoms with Crippen molar-refractivity contribution in [3.05, 3.63) is 35.9 Å². The molecule has 1 nitrogen and oxygen atoms in total. The molecule has 0 amide bonds. The predicted octanol–water partition coefficient (Wildman–Crippen LogP) is 3.55. The van der Waals surface area contributed by atoms with Crippen LogP contribution in [-0.2, 0) is 6.54 Å². The van der Waals surface area contributed by atoms with Crippen molar-refractivity contribution in [2.45, 2.75) is 19.9 Å². The Morgan fingerprint density at radius 3 is 2.53 bits per heavy atom. The number of benzene rings is 1. The van der Waals surface area contributed by atoms with E-state index < -0.39 is 0 Å². The van der Waals surface area contributed by atoms with Gasteiger partial charge in [-0.3, -0.25) is 0 Å². The molecule has 0 atom stereocenters. The van der Waals surface area contributed by atoms with Gasteiger partial charge in [0, 0.05) is 13.1 Å². The van der Waals surface area contributed by atoms with Gasteiger partial charge in [-0.1, -0.05) is 49.5 Å². The molecule has 1 rings (SSSR count). The second-order valence-corrected chi connectivity index (χ2v) is 4.82. The van der Waals surface area contributed by atoms with E-state index in [0.29, 0.717) is 0 Å². The summed E-state index contributed by atoms with van der Waals surface area (Å²) in [4.78, 5) is 2.26. The zero-order valence-electron chi connectivity index (χ0n) is 9.27. The molecule has 0 saturated heterocycles. The lowest BCUT2D eigenvalue weighted by Gasteiger charge is -2.23. The SMILES string of the molecule is CCCN(Cc1ccccc1)C(=S)SC. The van der Waals surface area contributed by atoms with Crippen molar-refractivity contribution in [3.63, 3.8) is 0 Å². The summed E-state index contributed by atoms with van der Waals surface area (Å²) in [6.45, 7) is 4.14. The molecule has 1 aromatic carbocycles. The number of hydrogen-bond acceptors (Lipinski definition) is 2. The van der Waals surface area contributed by atoms with Gasteiger partial charge in [-0.25, -0.2) is 0 Å². The first-order valence-electron chi connectivity index (χ1n) is 5.14. The van der Waals surface area contributed by atoms with E-state index in [4.69, 9.17) is 12.2 Å². The first-order valence-corrected chi connectivity index (χ1v) is 6.78. The lowest BCUT2D eigenvalue weighted by atomic mass is 10.2. The Bertz CT molecular complexity index is 298. The van der Waals surface area contributed by atoms with E-state index >= 15 is 0 Å². The molecule has 3 heteroatoms. The molecule has 0 radical (unpaired) electrons. The minimum Gasteiger partial charge on any atom is -0.353 e. The number of rotatable bonds is 4. The van der Waals surface area contributed by atoms with E-state index in [0.717, 1.165) is 23.8 Å². The number of nitrogens with zero attached hydrogens (tertiary/aromatic N) is 1. The molecule has 0 spiro atoms. The number of thiocarbonyl (C=S) groups is 1. The normalized spacial score (nSPS) is 10.0. The summed E-state index contributed by atoms with van der Waals surface area (Å²) in [6, 6.07) is 10.5. The Kier molecular flexibility index (Phi) is 5.73. The van der Waals surface area contributed by atoms with Gasteiger partial charge in [0.05, 0.1) is 0 Å². The molecule has 0 aliphatic heterocycles. The zero-order chi connectivity index (χ0) is 11.1. The van der Waals surface area contributed by atoms with Gasteiger partial charge in [0.2, 0.25) is 0 Å². The summed E-state index contributed by atoms with van der Waals surface area (Å²) in [6.07, 6.45) is 3.17. The largest absolute Gasteiger partial charge is 0.353 e. The molecule has 15 heavy (non-hydrogen) atoms. The van der Waals surface area contributed by atoms with E-state index in [1.165, 1.54) is 5.56 Å². The summed E-state index contributed by atoms with van der Waals surface area (Å²) in [5.74, 6) is 0. The van der Waals surface area contributed by atoms with E-state index in [1.54, 1.807) is 11.8 Å². The van der Waals surface area contributed by atoms with Crippen LogP contribution in [-0.4, -0.2) is 22.0 Å². The van der Waals surface area contributed by atoms with Crippen LogP contribution in [0.5, 0.6) is 0 Å². The smallest absolute Gasteiger partial charge is 0.136 e. The molecular formula is C12H17NS2. The second kappa shape index (κ2) is 6.85. The van der Waals surface area contributed by atoms with Gasteiger partial charge in [0.15, 0.2) is 0 Å². The molecule has 0 heterocycles. The molecule has 0 aliphatic carbocycles. The average molecular weight is 239 g/mol. The zero-order valence-corrected chi connectivity index (χ0v) is 10.9. The van der Waals surface area contributed by atoms with E-state index in [1.807, 2.05) is 12.3 Å². The monoisotopic (exact) mass is 239 g/mol. The topological polar surface area (TPSA) is 3.24 Å². The summed E-state index contributed by atoms with van der Waals surface area (Å²) < 4.78 is 0.987. The lowest BCUT2D eigenvalue weighted by molar-refractivity contribution is 0.426. The molecule has 0 N–H and O–H groups in total. The Balaban J connectivity index is 2.62. The molecule has 0 saturated carbocycles. The van der Waals surface area contributed by atoms with Crippen LogP contribution in [0.1, 0.15) is 18.9 Å². The van der Waals surface area contributed by atoms with Crippen LogP contribution in [0.4, 0.5) is 0 Å². The fourth-order valence-corrected chi connectivity index (χ4v) is 2.01. The molecule has 82 valence electrons. The van der Waals surface area contributed by atoms with Crippen molar-refractivity contribution in [2.24, 2.45) is 0 Å². The molecule has 0 bridgehead atoms. The fourth-order valence-electron chi connectivity index (χ4n) is 1.44. The van der Waals surface area contributed by atoms with Crippen molar-refractivity contribution >= 4 is 28.3 Å². The highest BCUT2D eigenvalue weighted by atomic mass is 32.2. The Labute approximate surface area is 102 Å². The number of hydrogen-bond donors (Lipinski definition) is 0. The van der Waals surface area contributed by atoms with Crippen LogP contribution in [0.3, 0.4) is 0 Å². The van der Waals surface area contributed by atoms with Crippen molar-refractivity contribution in [2.75, 3.05) is 12.8 Å². The van der Waals surface area contributed by atoms with Crippen LogP contribution < -0.4 is 0 Å². The van der Waals surface area contributed by atoms with Gasteiger partial charge in [-0.05, 0) is 18.2 Å². The molecular weight excluding hydrogens is 222 g/mol. The van der Waals surface area contributed by atoms with Gasteiger partial charge >= 0.3 is 0 Å². The van der Waals surface area contributed by atoms with Gasteiger partial charge < -0.3 is 4.90 Å². The molecule has 0 aromatic heterocycles. The molecule has 0 fully saturated rings. The van der Waals surface area contributed by atoms with Crippen LogP contribution >= 0.6 is 24.0 Å².